The molecular formula is C8H3BrCl2N2O. The van der Waals surface area contributed by atoms with E-state index in [2.05, 4.69) is 25.9 Å². The third kappa shape index (κ3) is 1.65. The summed E-state index contributed by atoms with van der Waals surface area (Å²) >= 11 is 14.7. The first-order valence-corrected chi connectivity index (χ1v) is 5.17. The molecule has 0 bridgehead atoms. The number of aromatic amines is 1. The Bertz CT molecular complexity index is 567. The SMILES string of the molecule is O=c1[nH]c(Cl)nc2c(Cl)cc(Br)cc12. The Morgan fingerprint density at radius 1 is 1.36 bits per heavy atom. The predicted octanol–water partition coefficient (Wildman–Crippen LogP) is 2.99. The molecule has 3 nitrogen and oxygen atoms in total. The Morgan fingerprint density at radius 2 is 2.07 bits per heavy atom. The van der Waals surface area contributed by atoms with Gasteiger partial charge >= 0.3 is 0 Å². The zero-order valence-corrected chi connectivity index (χ0v) is 9.74. The van der Waals surface area contributed by atoms with Gasteiger partial charge in [0.25, 0.3) is 5.56 Å². The number of nitrogens with zero attached hydrogens (tertiary/aromatic N) is 1. The summed E-state index contributed by atoms with van der Waals surface area (Å²) in [7, 11) is 0. The molecule has 0 spiro atoms. The van der Waals surface area contributed by atoms with Crippen LogP contribution in [-0.2, 0) is 0 Å². The molecule has 1 N–H and O–H groups in total. The number of nitrogens with one attached hydrogen (secondary N) is 1. The van der Waals surface area contributed by atoms with Crippen LogP contribution in [-0.4, -0.2) is 9.97 Å². The zero-order valence-electron chi connectivity index (χ0n) is 6.64. The molecule has 0 aliphatic carbocycles. The number of hydrogen-bond acceptors (Lipinski definition) is 2. The minimum absolute atomic E-state index is 0.0340. The van der Waals surface area contributed by atoms with Crippen LogP contribution in [0.4, 0.5) is 0 Å². The lowest BCUT2D eigenvalue weighted by atomic mass is 10.2. The smallest absolute Gasteiger partial charge is 0.259 e. The van der Waals surface area contributed by atoms with Crippen molar-refractivity contribution in [1.29, 1.82) is 0 Å². The molecule has 0 unspecified atom stereocenters. The van der Waals surface area contributed by atoms with Crippen LogP contribution in [0, 0.1) is 0 Å². The predicted molar refractivity (Wildman–Crippen MR) is 60.1 cm³/mol. The highest BCUT2D eigenvalue weighted by molar-refractivity contribution is 9.10. The number of fused-ring (bicyclic) bond motifs is 1. The summed E-state index contributed by atoms with van der Waals surface area (Å²) in [5.74, 6) is 0. The average Bonchev–Trinajstić information content (AvgIpc) is 2.07. The number of hydrogen-bond donors (Lipinski definition) is 1. The van der Waals surface area contributed by atoms with E-state index in [-0.39, 0.29) is 10.8 Å². The summed E-state index contributed by atoms with van der Waals surface area (Å²) in [6.45, 7) is 0. The minimum atomic E-state index is -0.303. The van der Waals surface area contributed by atoms with Crippen molar-refractivity contribution in [2.75, 3.05) is 0 Å². The van der Waals surface area contributed by atoms with Gasteiger partial charge in [-0.2, -0.15) is 0 Å². The van der Waals surface area contributed by atoms with Crippen molar-refractivity contribution in [3.8, 4) is 0 Å². The van der Waals surface area contributed by atoms with Gasteiger partial charge in [0.05, 0.1) is 15.9 Å². The number of halogens is 3. The van der Waals surface area contributed by atoms with E-state index >= 15 is 0 Å². The van der Waals surface area contributed by atoms with E-state index in [1.807, 2.05) is 0 Å². The van der Waals surface area contributed by atoms with Crippen LogP contribution < -0.4 is 5.56 Å². The normalized spacial score (nSPS) is 10.8. The third-order valence-corrected chi connectivity index (χ3v) is 2.62. The lowest BCUT2D eigenvalue weighted by molar-refractivity contribution is 1.17. The van der Waals surface area contributed by atoms with Crippen molar-refractivity contribution in [2.24, 2.45) is 0 Å². The summed E-state index contributed by atoms with van der Waals surface area (Å²) < 4.78 is 0.727. The first-order chi connectivity index (χ1) is 6.58. The van der Waals surface area contributed by atoms with Gasteiger partial charge in [-0.15, -0.1) is 0 Å². The van der Waals surface area contributed by atoms with Crippen molar-refractivity contribution in [2.45, 2.75) is 0 Å². The maximum absolute atomic E-state index is 11.4. The van der Waals surface area contributed by atoms with E-state index in [0.717, 1.165) is 4.47 Å². The monoisotopic (exact) mass is 292 g/mol. The number of rotatable bonds is 0. The molecule has 0 aliphatic rings. The molecule has 0 saturated carbocycles. The molecule has 0 radical (unpaired) electrons. The van der Waals surface area contributed by atoms with Crippen molar-refractivity contribution >= 4 is 50.0 Å². The fraction of sp³-hybridized carbons (Fsp3) is 0. The van der Waals surface area contributed by atoms with Crippen molar-refractivity contribution in [1.82, 2.24) is 9.97 Å². The van der Waals surface area contributed by atoms with Gasteiger partial charge in [-0.25, -0.2) is 4.98 Å². The second kappa shape index (κ2) is 3.53. The van der Waals surface area contributed by atoms with Crippen LogP contribution >= 0.6 is 39.1 Å². The summed E-state index contributed by atoms with van der Waals surface area (Å²) in [4.78, 5) is 17.8. The van der Waals surface area contributed by atoms with Crippen LogP contribution in [0.25, 0.3) is 10.9 Å². The Balaban J connectivity index is 3.02. The molecule has 0 amide bonds. The largest absolute Gasteiger partial charge is 0.297 e. The fourth-order valence-corrected chi connectivity index (χ4v) is 2.16. The number of aromatic nitrogens is 2. The van der Waals surface area contributed by atoms with Gasteiger partial charge in [-0.3, -0.25) is 9.78 Å². The van der Waals surface area contributed by atoms with Crippen LogP contribution in [0.3, 0.4) is 0 Å². The maximum atomic E-state index is 11.4. The molecule has 6 heteroatoms. The van der Waals surface area contributed by atoms with Crippen LogP contribution in [0.2, 0.25) is 10.3 Å². The molecule has 1 aromatic carbocycles. The summed E-state index contributed by atoms with van der Waals surface area (Å²) in [5, 5.41) is 0.836. The molecule has 1 heterocycles. The van der Waals surface area contributed by atoms with Gasteiger partial charge in [-0.1, -0.05) is 27.5 Å². The van der Waals surface area contributed by atoms with Crippen LogP contribution in [0.15, 0.2) is 21.4 Å². The van der Waals surface area contributed by atoms with E-state index in [1.54, 1.807) is 12.1 Å². The van der Waals surface area contributed by atoms with Gasteiger partial charge in [0.1, 0.15) is 0 Å². The lowest BCUT2D eigenvalue weighted by Gasteiger charge is -2.00. The molecule has 0 saturated heterocycles. The van der Waals surface area contributed by atoms with Crippen molar-refractivity contribution in [3.05, 3.63) is 37.3 Å². The van der Waals surface area contributed by atoms with Crippen molar-refractivity contribution in [3.63, 3.8) is 0 Å². The first-order valence-electron chi connectivity index (χ1n) is 3.62. The summed E-state index contributed by atoms with van der Waals surface area (Å²) in [5.41, 5.74) is 0.104. The number of benzene rings is 1. The van der Waals surface area contributed by atoms with Gasteiger partial charge < -0.3 is 0 Å². The maximum Gasteiger partial charge on any atom is 0.259 e. The van der Waals surface area contributed by atoms with E-state index < -0.39 is 0 Å². The molecule has 1 aromatic heterocycles. The van der Waals surface area contributed by atoms with Crippen LogP contribution in [0.1, 0.15) is 0 Å². The van der Waals surface area contributed by atoms with Crippen molar-refractivity contribution < 1.29 is 0 Å². The Hall–Kier alpha value is -0.580. The van der Waals surface area contributed by atoms with E-state index in [9.17, 15) is 4.79 Å². The molecule has 14 heavy (non-hydrogen) atoms. The van der Waals surface area contributed by atoms with E-state index in [4.69, 9.17) is 23.2 Å². The minimum Gasteiger partial charge on any atom is -0.297 e. The van der Waals surface area contributed by atoms with E-state index in [0.29, 0.717) is 15.9 Å². The Morgan fingerprint density at radius 3 is 2.79 bits per heavy atom. The lowest BCUT2D eigenvalue weighted by Crippen LogP contribution is -2.07. The highest BCUT2D eigenvalue weighted by atomic mass is 79.9. The number of H-pyrrole nitrogens is 1. The fourth-order valence-electron chi connectivity index (χ4n) is 1.14. The molecular weight excluding hydrogens is 291 g/mol. The molecule has 0 aliphatic heterocycles. The molecule has 0 fully saturated rings. The summed E-state index contributed by atoms with van der Waals surface area (Å²) in [6.07, 6.45) is 0. The Labute approximate surface area is 97.2 Å². The molecule has 2 aromatic rings. The second-order valence-electron chi connectivity index (χ2n) is 2.64. The highest BCUT2D eigenvalue weighted by Gasteiger charge is 2.07. The third-order valence-electron chi connectivity index (χ3n) is 1.70. The molecule has 72 valence electrons. The van der Waals surface area contributed by atoms with E-state index in [1.165, 1.54) is 0 Å². The topological polar surface area (TPSA) is 45.8 Å². The van der Waals surface area contributed by atoms with Gasteiger partial charge in [-0.05, 0) is 23.7 Å². The second-order valence-corrected chi connectivity index (χ2v) is 4.32. The van der Waals surface area contributed by atoms with Gasteiger partial charge in [0, 0.05) is 4.47 Å². The van der Waals surface area contributed by atoms with Gasteiger partial charge in [0.15, 0.2) is 0 Å². The quantitative estimate of drug-likeness (QED) is 0.759. The van der Waals surface area contributed by atoms with Gasteiger partial charge in [0.2, 0.25) is 5.28 Å². The summed E-state index contributed by atoms with van der Waals surface area (Å²) in [6, 6.07) is 3.30. The Kier molecular flexibility index (Phi) is 2.51. The van der Waals surface area contributed by atoms with Crippen LogP contribution in [0.5, 0.6) is 0 Å². The average molecular weight is 294 g/mol. The highest BCUT2D eigenvalue weighted by Crippen LogP contribution is 2.24. The first kappa shape index (κ1) is 9.96. The molecule has 0 atom stereocenters. The molecule has 2 rings (SSSR count). The zero-order chi connectivity index (χ0) is 10.3. The standard InChI is InChI=1S/C8H3BrCl2N2O/c9-3-1-4-6(5(10)2-3)12-8(11)13-7(4)14/h1-2H,(H,12,13,14).